The zero-order valence-corrected chi connectivity index (χ0v) is 32.8. The molecule has 0 fully saturated rings. The minimum atomic E-state index is 0.435. The van der Waals surface area contributed by atoms with E-state index in [0.29, 0.717) is 11.1 Å². The first-order chi connectivity index (χ1) is 23.2. The molecule has 1 aromatic rings. The molecule has 0 aliphatic heterocycles. The quantitative estimate of drug-likeness (QED) is 0.0719. The second-order valence-electron chi connectivity index (χ2n) is 14.1. The summed E-state index contributed by atoms with van der Waals surface area (Å²) in [6.07, 6.45) is 43.8. The zero-order valence-electron chi connectivity index (χ0n) is 32.0. The molecule has 0 saturated heterocycles. The maximum Gasteiger partial charge on any atom is 0.101 e. The summed E-state index contributed by atoms with van der Waals surface area (Å²) < 4.78 is 0. The van der Waals surface area contributed by atoms with Gasteiger partial charge in [-0.05, 0) is 37.8 Å². The van der Waals surface area contributed by atoms with E-state index >= 15 is 0 Å². The summed E-state index contributed by atoms with van der Waals surface area (Å²) in [5, 5.41) is 18.8. The highest BCUT2D eigenvalue weighted by atomic mass is 32.2. The SMILES string of the molecule is CCCCCCCCCCCCCCC(CCC)SC(CCC)CCCCCCCCCCCCCC.N#Cc1ccccc1C#N. The highest BCUT2D eigenvalue weighted by Crippen LogP contribution is 2.32. The normalized spacial score (nSPS) is 12.1. The van der Waals surface area contributed by atoms with Crippen molar-refractivity contribution in [2.45, 2.75) is 231 Å². The van der Waals surface area contributed by atoms with Crippen molar-refractivity contribution in [2.75, 3.05) is 0 Å². The molecule has 0 aliphatic rings. The third-order valence-electron chi connectivity index (χ3n) is 9.53. The van der Waals surface area contributed by atoms with Crippen molar-refractivity contribution >= 4 is 11.8 Å². The van der Waals surface area contributed by atoms with E-state index in [1.54, 1.807) is 24.3 Å². The van der Waals surface area contributed by atoms with Gasteiger partial charge in [-0.15, -0.1) is 0 Å². The van der Waals surface area contributed by atoms with E-state index in [1.165, 1.54) is 193 Å². The van der Waals surface area contributed by atoms with Gasteiger partial charge in [0.15, 0.2) is 0 Å². The predicted octanol–water partition coefficient (Wildman–Crippen LogP) is 15.7. The Morgan fingerprint density at radius 2 is 0.681 bits per heavy atom. The number of hydrogen-bond donors (Lipinski definition) is 0. The molecule has 0 amide bonds. The summed E-state index contributed by atoms with van der Waals surface area (Å²) in [4.78, 5) is 0. The molecule has 0 saturated carbocycles. The Kier molecular flexibility index (Phi) is 36.2. The van der Waals surface area contributed by atoms with Crippen molar-refractivity contribution in [1.82, 2.24) is 0 Å². The van der Waals surface area contributed by atoms with Gasteiger partial charge in [-0.3, -0.25) is 0 Å². The lowest BCUT2D eigenvalue weighted by Crippen LogP contribution is -2.12. The van der Waals surface area contributed by atoms with Crippen molar-refractivity contribution in [3.8, 4) is 12.1 Å². The first-order valence-corrected chi connectivity index (χ1v) is 21.7. The molecule has 2 unspecified atom stereocenters. The summed E-state index contributed by atoms with van der Waals surface area (Å²) in [6, 6.07) is 10.6. The van der Waals surface area contributed by atoms with Crippen LogP contribution in [0.5, 0.6) is 0 Å². The van der Waals surface area contributed by atoms with Crippen LogP contribution in [0.2, 0.25) is 0 Å². The molecule has 0 aromatic heterocycles. The monoisotopic (exact) mass is 667 g/mol. The van der Waals surface area contributed by atoms with Crippen molar-refractivity contribution in [1.29, 1.82) is 10.5 Å². The van der Waals surface area contributed by atoms with Crippen molar-refractivity contribution in [2.24, 2.45) is 0 Å². The minimum absolute atomic E-state index is 0.435. The highest BCUT2D eigenvalue weighted by molar-refractivity contribution is 8.00. The molecule has 1 aromatic carbocycles. The number of benzene rings is 1. The van der Waals surface area contributed by atoms with E-state index in [0.717, 1.165) is 10.5 Å². The van der Waals surface area contributed by atoms with Crippen molar-refractivity contribution in [3.63, 3.8) is 0 Å². The number of nitriles is 2. The molecule has 3 heteroatoms. The summed E-state index contributed by atoms with van der Waals surface area (Å²) in [7, 11) is 0. The van der Waals surface area contributed by atoms with Crippen LogP contribution < -0.4 is 0 Å². The first kappa shape index (κ1) is 45.6. The number of thioether (sulfide) groups is 1. The fraction of sp³-hybridized carbons (Fsp3) is 0.818. The largest absolute Gasteiger partial charge is 0.192 e. The van der Waals surface area contributed by atoms with Crippen LogP contribution in [0.1, 0.15) is 231 Å². The van der Waals surface area contributed by atoms with Gasteiger partial charge in [0.05, 0.1) is 11.1 Å². The average Bonchev–Trinajstić information content (AvgIpc) is 3.09. The molecule has 47 heavy (non-hydrogen) atoms. The molecule has 0 heterocycles. The molecule has 2 atom stereocenters. The smallest absolute Gasteiger partial charge is 0.101 e. The third kappa shape index (κ3) is 30.4. The second kappa shape index (κ2) is 37.4. The van der Waals surface area contributed by atoms with E-state index in [1.807, 2.05) is 12.1 Å². The third-order valence-corrected chi connectivity index (χ3v) is 11.2. The lowest BCUT2D eigenvalue weighted by Gasteiger charge is -2.23. The van der Waals surface area contributed by atoms with Gasteiger partial charge in [0.25, 0.3) is 0 Å². The Morgan fingerprint density at radius 1 is 0.404 bits per heavy atom. The van der Waals surface area contributed by atoms with Gasteiger partial charge in [-0.25, -0.2) is 0 Å². The second-order valence-corrected chi connectivity index (χ2v) is 15.7. The van der Waals surface area contributed by atoms with E-state index in [4.69, 9.17) is 10.5 Å². The van der Waals surface area contributed by atoms with Gasteiger partial charge in [0.2, 0.25) is 0 Å². The lowest BCUT2D eigenvalue weighted by molar-refractivity contribution is 0.529. The Morgan fingerprint density at radius 3 is 0.936 bits per heavy atom. The Balaban J connectivity index is 0.00000178. The van der Waals surface area contributed by atoms with Crippen LogP contribution >= 0.6 is 11.8 Å². The standard InChI is InChI=1S/C36H74S.C8H4N2/c1-5-9-11-13-15-17-19-21-23-25-27-29-33-35(31-7-3)37-36(32-8-4)34-30-28-26-24-22-20-18-16-14-12-10-6-2;9-5-7-3-1-2-4-8(7)6-10/h35-36H,5-34H2,1-4H3;1-4H. The Hall–Kier alpha value is -1.45. The molecule has 270 valence electrons. The predicted molar refractivity (Wildman–Crippen MR) is 212 cm³/mol. The van der Waals surface area contributed by atoms with Crippen LogP contribution in [0, 0.1) is 22.7 Å². The van der Waals surface area contributed by atoms with Gasteiger partial charge in [-0.2, -0.15) is 22.3 Å². The lowest BCUT2D eigenvalue weighted by atomic mass is 10.0. The van der Waals surface area contributed by atoms with Crippen LogP contribution in [0.15, 0.2) is 24.3 Å². The van der Waals surface area contributed by atoms with Crippen LogP contribution in [-0.4, -0.2) is 10.5 Å². The van der Waals surface area contributed by atoms with E-state index in [2.05, 4.69) is 39.5 Å². The van der Waals surface area contributed by atoms with Crippen LogP contribution in [0.25, 0.3) is 0 Å². The van der Waals surface area contributed by atoms with Crippen molar-refractivity contribution < 1.29 is 0 Å². The molecule has 1 rings (SSSR count). The van der Waals surface area contributed by atoms with Crippen LogP contribution in [0.4, 0.5) is 0 Å². The molecule has 0 N–H and O–H groups in total. The average molecular weight is 667 g/mol. The Labute approximate surface area is 299 Å². The summed E-state index contributed by atoms with van der Waals surface area (Å²) in [5.74, 6) is 0. The summed E-state index contributed by atoms with van der Waals surface area (Å²) >= 11 is 2.40. The van der Waals surface area contributed by atoms with Crippen LogP contribution in [-0.2, 0) is 0 Å². The van der Waals surface area contributed by atoms with Gasteiger partial charge >= 0.3 is 0 Å². The number of unbranched alkanes of at least 4 members (excludes halogenated alkanes) is 22. The van der Waals surface area contributed by atoms with Crippen LogP contribution in [0.3, 0.4) is 0 Å². The fourth-order valence-electron chi connectivity index (χ4n) is 6.58. The molecular formula is C44H78N2S. The molecule has 0 aliphatic carbocycles. The van der Waals surface area contributed by atoms with E-state index < -0.39 is 0 Å². The minimum Gasteiger partial charge on any atom is -0.192 e. The summed E-state index contributed by atoms with van der Waals surface area (Å²) in [5.41, 5.74) is 0.870. The fourth-order valence-corrected chi connectivity index (χ4v) is 8.47. The number of nitrogens with zero attached hydrogens (tertiary/aromatic N) is 2. The highest BCUT2D eigenvalue weighted by Gasteiger charge is 2.16. The first-order valence-electron chi connectivity index (χ1n) is 20.7. The number of hydrogen-bond acceptors (Lipinski definition) is 3. The maximum atomic E-state index is 8.45. The number of rotatable bonds is 32. The van der Waals surface area contributed by atoms with Gasteiger partial charge in [0.1, 0.15) is 12.1 Å². The van der Waals surface area contributed by atoms with E-state index in [9.17, 15) is 0 Å². The van der Waals surface area contributed by atoms with Crippen molar-refractivity contribution in [3.05, 3.63) is 35.4 Å². The van der Waals surface area contributed by atoms with Gasteiger partial charge in [0, 0.05) is 10.5 Å². The Bertz CT molecular complexity index is 784. The maximum absolute atomic E-state index is 8.45. The molecule has 0 bridgehead atoms. The van der Waals surface area contributed by atoms with Gasteiger partial charge < -0.3 is 0 Å². The van der Waals surface area contributed by atoms with Gasteiger partial charge in [-0.1, -0.05) is 207 Å². The molecular weight excluding hydrogens is 589 g/mol. The van der Waals surface area contributed by atoms with E-state index in [-0.39, 0.29) is 0 Å². The molecule has 2 nitrogen and oxygen atoms in total. The molecule has 0 spiro atoms. The zero-order chi connectivity index (χ0) is 34.5. The molecule has 0 radical (unpaired) electrons. The topological polar surface area (TPSA) is 47.6 Å². The summed E-state index contributed by atoms with van der Waals surface area (Å²) in [6.45, 7) is 9.42.